The van der Waals surface area contributed by atoms with Crippen LogP contribution in [-0.4, -0.2) is 27.4 Å². The molecule has 0 aliphatic heterocycles. The van der Waals surface area contributed by atoms with Crippen LogP contribution in [0, 0.1) is 0 Å². The second-order valence-corrected chi connectivity index (χ2v) is 4.04. The van der Waals surface area contributed by atoms with Gasteiger partial charge in [-0.3, -0.25) is 4.79 Å². The summed E-state index contributed by atoms with van der Waals surface area (Å²) in [6, 6.07) is 9.17. The molecule has 0 saturated carbocycles. The summed E-state index contributed by atoms with van der Waals surface area (Å²) in [5.41, 5.74) is 2.55. The second-order valence-electron chi connectivity index (χ2n) is 4.04. The summed E-state index contributed by atoms with van der Waals surface area (Å²) in [4.78, 5) is 10.4. The summed E-state index contributed by atoms with van der Waals surface area (Å²) < 4.78 is 4.75. The van der Waals surface area contributed by atoms with Crippen molar-refractivity contribution in [2.45, 2.75) is 18.9 Å². The van der Waals surface area contributed by atoms with E-state index in [1.807, 2.05) is 24.3 Å². The van der Waals surface area contributed by atoms with Gasteiger partial charge in [0.15, 0.2) is 0 Å². The number of aliphatic hydroxyl groups is 1. The van der Waals surface area contributed by atoms with Gasteiger partial charge in [-0.2, -0.15) is 0 Å². The zero-order valence-corrected chi connectivity index (χ0v) is 9.61. The third-order valence-corrected chi connectivity index (χ3v) is 2.57. The Morgan fingerprint density at radius 2 is 2.00 bits per heavy atom. The highest BCUT2D eigenvalue weighted by Crippen LogP contribution is 2.18. The lowest BCUT2D eigenvalue weighted by Gasteiger charge is -2.08. The number of hydrogen-bond acceptors (Lipinski definition) is 4. The molecule has 94 valence electrons. The lowest BCUT2D eigenvalue weighted by atomic mass is 10.0. The standard InChI is InChI=1S/C13H13NO4/c15-11(8-13(16)17)7-9-1-3-10(4-2-9)12-5-6-18-14-12/h1-6,11,15H,7-8H2,(H,16,17). The summed E-state index contributed by atoms with van der Waals surface area (Å²) >= 11 is 0. The first-order valence-corrected chi connectivity index (χ1v) is 5.54. The van der Waals surface area contributed by atoms with Gasteiger partial charge in [0.2, 0.25) is 0 Å². The van der Waals surface area contributed by atoms with E-state index in [4.69, 9.17) is 9.63 Å². The van der Waals surface area contributed by atoms with Gasteiger partial charge in [-0.1, -0.05) is 29.4 Å². The molecule has 5 heteroatoms. The maximum Gasteiger partial charge on any atom is 0.305 e. The quantitative estimate of drug-likeness (QED) is 0.840. The van der Waals surface area contributed by atoms with E-state index in [2.05, 4.69) is 5.16 Å². The summed E-state index contributed by atoms with van der Waals surface area (Å²) in [5, 5.41) is 21.9. The molecule has 1 aromatic carbocycles. The molecule has 2 aromatic rings. The summed E-state index contributed by atoms with van der Waals surface area (Å²) in [7, 11) is 0. The van der Waals surface area contributed by atoms with Gasteiger partial charge in [-0.25, -0.2) is 0 Å². The number of aliphatic hydroxyl groups excluding tert-OH is 1. The lowest BCUT2D eigenvalue weighted by molar-refractivity contribution is -0.139. The second kappa shape index (κ2) is 5.46. The minimum absolute atomic E-state index is 0.245. The topological polar surface area (TPSA) is 83.6 Å². The molecule has 2 N–H and O–H groups in total. The fraction of sp³-hybridized carbons (Fsp3) is 0.231. The molecule has 0 fully saturated rings. The number of benzene rings is 1. The van der Waals surface area contributed by atoms with Crippen LogP contribution in [0.4, 0.5) is 0 Å². The number of aromatic nitrogens is 1. The highest BCUT2D eigenvalue weighted by molar-refractivity contribution is 5.67. The van der Waals surface area contributed by atoms with E-state index in [9.17, 15) is 9.90 Å². The molecule has 0 spiro atoms. The van der Waals surface area contributed by atoms with E-state index in [0.29, 0.717) is 6.42 Å². The number of carboxylic acids is 1. The Balaban J connectivity index is 2.02. The predicted molar refractivity (Wildman–Crippen MR) is 63.9 cm³/mol. The van der Waals surface area contributed by atoms with Crippen LogP contribution in [0.15, 0.2) is 41.1 Å². The van der Waals surface area contributed by atoms with Crippen molar-refractivity contribution in [1.82, 2.24) is 5.16 Å². The maximum atomic E-state index is 10.4. The van der Waals surface area contributed by atoms with Crippen molar-refractivity contribution in [3.63, 3.8) is 0 Å². The van der Waals surface area contributed by atoms with E-state index < -0.39 is 12.1 Å². The van der Waals surface area contributed by atoms with Crippen LogP contribution in [0.5, 0.6) is 0 Å². The number of aliphatic carboxylic acids is 1. The lowest BCUT2D eigenvalue weighted by Crippen LogP contribution is -2.15. The number of rotatable bonds is 5. The van der Waals surface area contributed by atoms with Gasteiger partial charge in [0, 0.05) is 11.6 Å². The minimum Gasteiger partial charge on any atom is -0.481 e. The molecule has 18 heavy (non-hydrogen) atoms. The first kappa shape index (κ1) is 12.3. The SMILES string of the molecule is O=C(O)CC(O)Cc1ccc(-c2ccon2)cc1. The molecule has 0 aliphatic rings. The van der Waals surface area contributed by atoms with Gasteiger partial charge >= 0.3 is 5.97 Å². The molecule has 0 saturated heterocycles. The van der Waals surface area contributed by atoms with Crippen LogP contribution in [0.1, 0.15) is 12.0 Å². The van der Waals surface area contributed by atoms with Crippen LogP contribution >= 0.6 is 0 Å². The largest absolute Gasteiger partial charge is 0.481 e. The summed E-state index contributed by atoms with van der Waals surface area (Å²) in [6.45, 7) is 0. The smallest absolute Gasteiger partial charge is 0.305 e. The predicted octanol–water partition coefficient (Wildman–Crippen LogP) is 1.72. The molecule has 0 radical (unpaired) electrons. The highest BCUT2D eigenvalue weighted by Gasteiger charge is 2.10. The normalized spacial score (nSPS) is 12.3. The number of hydrogen-bond donors (Lipinski definition) is 2. The van der Waals surface area contributed by atoms with E-state index in [0.717, 1.165) is 16.8 Å². The van der Waals surface area contributed by atoms with E-state index in [1.54, 1.807) is 6.07 Å². The van der Waals surface area contributed by atoms with E-state index in [-0.39, 0.29) is 6.42 Å². The Kier molecular flexibility index (Phi) is 3.74. The Labute approximate surface area is 104 Å². The molecule has 1 heterocycles. The number of carboxylic acid groups (broad SMARTS) is 1. The van der Waals surface area contributed by atoms with Gasteiger partial charge < -0.3 is 14.7 Å². The average molecular weight is 247 g/mol. The van der Waals surface area contributed by atoms with Gasteiger partial charge in [-0.15, -0.1) is 0 Å². The highest BCUT2D eigenvalue weighted by atomic mass is 16.5. The van der Waals surface area contributed by atoms with Crippen LogP contribution in [-0.2, 0) is 11.2 Å². The van der Waals surface area contributed by atoms with Gasteiger partial charge in [0.1, 0.15) is 12.0 Å². The Morgan fingerprint density at radius 1 is 1.28 bits per heavy atom. The van der Waals surface area contributed by atoms with Crippen molar-refractivity contribution in [2.75, 3.05) is 0 Å². The Hall–Kier alpha value is -2.14. The van der Waals surface area contributed by atoms with Gasteiger partial charge in [-0.05, 0) is 12.0 Å². The molecule has 1 aromatic heterocycles. The first-order chi connectivity index (χ1) is 8.65. The zero-order valence-electron chi connectivity index (χ0n) is 9.61. The minimum atomic E-state index is -0.998. The van der Waals surface area contributed by atoms with Crippen molar-refractivity contribution < 1.29 is 19.5 Å². The monoisotopic (exact) mass is 247 g/mol. The van der Waals surface area contributed by atoms with Gasteiger partial charge in [0.25, 0.3) is 0 Å². The fourth-order valence-corrected chi connectivity index (χ4v) is 1.72. The Bertz CT molecular complexity index is 504. The molecule has 0 bridgehead atoms. The van der Waals surface area contributed by atoms with Crippen LogP contribution < -0.4 is 0 Å². The van der Waals surface area contributed by atoms with Crippen molar-refractivity contribution in [3.05, 3.63) is 42.2 Å². The third kappa shape index (κ3) is 3.18. The number of carbonyl (C=O) groups is 1. The molecule has 1 unspecified atom stereocenters. The summed E-state index contributed by atoms with van der Waals surface area (Å²) in [6.07, 6.45) is 0.719. The maximum absolute atomic E-state index is 10.4. The van der Waals surface area contributed by atoms with Crippen LogP contribution in [0.2, 0.25) is 0 Å². The number of nitrogens with zero attached hydrogens (tertiary/aromatic N) is 1. The van der Waals surface area contributed by atoms with Crippen LogP contribution in [0.25, 0.3) is 11.3 Å². The molecule has 0 aliphatic carbocycles. The van der Waals surface area contributed by atoms with Crippen molar-refractivity contribution in [3.8, 4) is 11.3 Å². The third-order valence-electron chi connectivity index (χ3n) is 2.57. The van der Waals surface area contributed by atoms with Crippen molar-refractivity contribution in [1.29, 1.82) is 0 Å². The average Bonchev–Trinajstić information content (AvgIpc) is 2.82. The molecule has 2 rings (SSSR count). The Morgan fingerprint density at radius 3 is 2.56 bits per heavy atom. The summed E-state index contributed by atoms with van der Waals surface area (Å²) in [5.74, 6) is -0.998. The van der Waals surface area contributed by atoms with E-state index in [1.165, 1.54) is 6.26 Å². The van der Waals surface area contributed by atoms with Gasteiger partial charge in [0.05, 0.1) is 12.5 Å². The molecule has 1 atom stereocenters. The van der Waals surface area contributed by atoms with Crippen molar-refractivity contribution in [2.24, 2.45) is 0 Å². The fourth-order valence-electron chi connectivity index (χ4n) is 1.72. The first-order valence-electron chi connectivity index (χ1n) is 5.54. The molecular weight excluding hydrogens is 234 g/mol. The molecular formula is C13H13NO4. The van der Waals surface area contributed by atoms with Crippen molar-refractivity contribution >= 4 is 5.97 Å². The molecule has 0 amide bonds. The van der Waals surface area contributed by atoms with Crippen LogP contribution in [0.3, 0.4) is 0 Å². The van der Waals surface area contributed by atoms with E-state index >= 15 is 0 Å². The zero-order chi connectivity index (χ0) is 13.0. The molecule has 5 nitrogen and oxygen atoms in total.